The maximum Gasteiger partial charge on any atom is 0.146 e. The van der Waals surface area contributed by atoms with Crippen LogP contribution in [0.5, 0.6) is 5.75 Å². The zero-order chi connectivity index (χ0) is 14.8. The topological polar surface area (TPSA) is 36.3 Å². The van der Waals surface area contributed by atoms with Gasteiger partial charge in [0.15, 0.2) is 0 Å². The number of fused-ring (bicyclic) bond motifs is 1. The normalized spacial score (nSPS) is 21.5. The third-order valence-corrected chi connectivity index (χ3v) is 4.32. The van der Waals surface area contributed by atoms with Gasteiger partial charge in [-0.25, -0.2) is 4.98 Å². The largest absolute Gasteiger partial charge is 0.494 e. The molecule has 1 aliphatic carbocycles. The number of imidazole rings is 1. The first kappa shape index (κ1) is 14.7. The van der Waals surface area contributed by atoms with Crippen LogP contribution in [0, 0.1) is 0 Å². The van der Waals surface area contributed by atoms with Crippen LogP contribution >= 0.6 is 11.6 Å². The maximum absolute atomic E-state index is 5.94. The van der Waals surface area contributed by atoms with Crippen LogP contribution in [0.4, 0.5) is 0 Å². The molecule has 1 fully saturated rings. The molecular weight excluding hydrogens is 288 g/mol. The minimum atomic E-state index is 0.381. The molecule has 0 bridgehead atoms. The Morgan fingerprint density at radius 3 is 2.86 bits per heavy atom. The van der Waals surface area contributed by atoms with E-state index in [9.17, 15) is 0 Å². The van der Waals surface area contributed by atoms with Gasteiger partial charge in [-0.3, -0.25) is 0 Å². The van der Waals surface area contributed by atoms with Gasteiger partial charge in [0.25, 0.3) is 0 Å². The quantitative estimate of drug-likeness (QED) is 0.766. The Morgan fingerprint density at radius 1 is 1.38 bits per heavy atom. The van der Waals surface area contributed by atoms with E-state index in [4.69, 9.17) is 26.1 Å². The Balaban J connectivity index is 1.97. The fourth-order valence-electron chi connectivity index (χ4n) is 3.09. The summed E-state index contributed by atoms with van der Waals surface area (Å²) < 4.78 is 13.4. The zero-order valence-corrected chi connectivity index (χ0v) is 13.3. The van der Waals surface area contributed by atoms with Crippen LogP contribution in [-0.4, -0.2) is 35.3 Å². The number of alkyl halides is 1. The summed E-state index contributed by atoms with van der Waals surface area (Å²) in [6.07, 6.45) is 3.25. The molecule has 0 N–H and O–H groups in total. The lowest BCUT2D eigenvalue weighted by molar-refractivity contribution is -0.0192. The van der Waals surface area contributed by atoms with Crippen LogP contribution < -0.4 is 4.74 Å². The van der Waals surface area contributed by atoms with E-state index in [2.05, 4.69) is 10.6 Å². The highest BCUT2D eigenvalue weighted by Gasteiger charge is 2.33. The first-order valence-electron chi connectivity index (χ1n) is 7.49. The minimum Gasteiger partial charge on any atom is -0.494 e. The van der Waals surface area contributed by atoms with Gasteiger partial charge in [-0.05, 0) is 31.9 Å². The van der Waals surface area contributed by atoms with E-state index < -0.39 is 0 Å². The molecule has 4 nitrogen and oxygen atoms in total. The number of nitrogens with zero attached hydrogens (tertiary/aromatic N) is 2. The van der Waals surface area contributed by atoms with Crippen molar-refractivity contribution in [3.63, 3.8) is 0 Å². The van der Waals surface area contributed by atoms with E-state index in [1.54, 1.807) is 7.11 Å². The summed E-state index contributed by atoms with van der Waals surface area (Å²) in [7, 11) is 1.68. The smallest absolute Gasteiger partial charge is 0.146 e. The second-order valence-electron chi connectivity index (χ2n) is 5.37. The summed E-state index contributed by atoms with van der Waals surface area (Å²) in [4.78, 5) is 4.76. The fourth-order valence-corrected chi connectivity index (χ4v) is 3.26. The van der Waals surface area contributed by atoms with Crippen LogP contribution in [-0.2, 0) is 11.2 Å². The molecule has 0 radical (unpaired) electrons. The monoisotopic (exact) mass is 308 g/mol. The molecule has 3 rings (SSSR count). The van der Waals surface area contributed by atoms with Gasteiger partial charge in [0.1, 0.15) is 17.1 Å². The predicted molar refractivity (Wildman–Crippen MR) is 84.4 cm³/mol. The van der Waals surface area contributed by atoms with Crippen LogP contribution in [0.1, 0.15) is 31.6 Å². The molecular formula is C16H21ClN2O2. The van der Waals surface area contributed by atoms with E-state index in [1.165, 1.54) is 0 Å². The lowest BCUT2D eigenvalue weighted by Crippen LogP contribution is -2.34. The predicted octanol–water partition coefficient (Wildman–Crippen LogP) is 3.57. The highest BCUT2D eigenvalue weighted by molar-refractivity contribution is 6.17. The highest BCUT2D eigenvalue weighted by atomic mass is 35.5. The first-order valence-corrected chi connectivity index (χ1v) is 8.03. The fraction of sp³-hybridized carbons (Fsp3) is 0.562. The van der Waals surface area contributed by atoms with Gasteiger partial charge in [-0.1, -0.05) is 6.07 Å². The number of para-hydroxylation sites is 1. The maximum atomic E-state index is 5.94. The van der Waals surface area contributed by atoms with Crippen molar-refractivity contribution in [2.24, 2.45) is 0 Å². The lowest BCUT2D eigenvalue weighted by Gasteiger charge is -2.37. The minimum absolute atomic E-state index is 0.381. The van der Waals surface area contributed by atoms with Gasteiger partial charge < -0.3 is 14.0 Å². The van der Waals surface area contributed by atoms with E-state index >= 15 is 0 Å². The zero-order valence-electron chi connectivity index (χ0n) is 12.5. The van der Waals surface area contributed by atoms with Crippen molar-refractivity contribution in [1.29, 1.82) is 0 Å². The van der Waals surface area contributed by atoms with Crippen molar-refractivity contribution in [3.05, 3.63) is 24.0 Å². The van der Waals surface area contributed by atoms with Crippen molar-refractivity contribution in [2.75, 3.05) is 19.6 Å². The van der Waals surface area contributed by atoms with Gasteiger partial charge in [0.05, 0.1) is 18.7 Å². The number of hydrogen-bond acceptors (Lipinski definition) is 3. The molecule has 0 saturated heterocycles. The average molecular weight is 309 g/mol. The molecule has 1 saturated carbocycles. The Bertz CT molecular complexity index is 620. The molecule has 1 heterocycles. The summed E-state index contributed by atoms with van der Waals surface area (Å²) in [6, 6.07) is 6.53. The van der Waals surface area contributed by atoms with Crippen LogP contribution in [0.3, 0.4) is 0 Å². The molecule has 0 spiro atoms. The highest BCUT2D eigenvalue weighted by Crippen LogP contribution is 2.39. The standard InChI is InChI=1S/C16H21ClN2O2/c1-3-21-12-9-11(10-12)19-13-5-4-6-14(20-2)16(13)18-15(19)7-8-17/h4-6,11-12H,3,7-10H2,1-2H3. The molecule has 0 aliphatic heterocycles. The molecule has 114 valence electrons. The van der Waals surface area contributed by atoms with Crippen molar-refractivity contribution in [1.82, 2.24) is 9.55 Å². The summed E-state index contributed by atoms with van der Waals surface area (Å²) in [5, 5.41) is 0. The Hall–Kier alpha value is -1.26. The molecule has 0 unspecified atom stereocenters. The van der Waals surface area contributed by atoms with Crippen molar-refractivity contribution in [3.8, 4) is 5.75 Å². The Labute approximate surface area is 130 Å². The molecule has 21 heavy (non-hydrogen) atoms. The molecule has 1 aliphatic rings. The van der Waals surface area contributed by atoms with Gasteiger partial charge in [0, 0.05) is 24.9 Å². The van der Waals surface area contributed by atoms with E-state index in [0.29, 0.717) is 18.0 Å². The second-order valence-corrected chi connectivity index (χ2v) is 5.75. The van der Waals surface area contributed by atoms with Gasteiger partial charge in [0.2, 0.25) is 0 Å². The van der Waals surface area contributed by atoms with Gasteiger partial charge in [-0.2, -0.15) is 0 Å². The third-order valence-electron chi connectivity index (χ3n) is 4.13. The van der Waals surface area contributed by atoms with E-state index in [0.717, 1.165) is 48.5 Å². The van der Waals surface area contributed by atoms with E-state index in [1.807, 2.05) is 19.1 Å². The summed E-state index contributed by atoms with van der Waals surface area (Å²) in [6.45, 7) is 2.83. The summed E-state index contributed by atoms with van der Waals surface area (Å²) in [5.74, 6) is 2.44. The van der Waals surface area contributed by atoms with Crippen molar-refractivity contribution in [2.45, 2.75) is 38.3 Å². The number of halogens is 1. The molecule has 0 amide bonds. The molecule has 2 aromatic rings. The van der Waals surface area contributed by atoms with Gasteiger partial charge >= 0.3 is 0 Å². The van der Waals surface area contributed by atoms with Crippen molar-refractivity contribution < 1.29 is 9.47 Å². The SMILES string of the molecule is CCOC1CC(n2c(CCCl)nc3c(OC)cccc32)C1. The van der Waals surface area contributed by atoms with Crippen LogP contribution in [0.2, 0.25) is 0 Å². The van der Waals surface area contributed by atoms with Crippen LogP contribution in [0.25, 0.3) is 11.0 Å². The number of aromatic nitrogens is 2. The lowest BCUT2D eigenvalue weighted by atomic mass is 9.88. The molecule has 5 heteroatoms. The number of rotatable bonds is 6. The molecule has 1 aromatic carbocycles. The van der Waals surface area contributed by atoms with E-state index in [-0.39, 0.29) is 0 Å². The number of hydrogen-bond donors (Lipinski definition) is 0. The Kier molecular flexibility index (Phi) is 4.36. The second kappa shape index (κ2) is 6.24. The first-order chi connectivity index (χ1) is 10.3. The van der Waals surface area contributed by atoms with Crippen molar-refractivity contribution >= 4 is 22.6 Å². The number of methoxy groups -OCH3 is 1. The third kappa shape index (κ3) is 2.62. The van der Waals surface area contributed by atoms with Gasteiger partial charge in [-0.15, -0.1) is 11.6 Å². The average Bonchev–Trinajstić information content (AvgIpc) is 2.80. The summed E-state index contributed by atoms with van der Waals surface area (Å²) >= 11 is 5.94. The number of benzene rings is 1. The number of aryl methyl sites for hydroxylation is 1. The van der Waals surface area contributed by atoms with Crippen LogP contribution in [0.15, 0.2) is 18.2 Å². The Morgan fingerprint density at radius 2 is 2.19 bits per heavy atom. The molecule has 1 aromatic heterocycles. The molecule has 0 atom stereocenters. The summed E-state index contributed by atoms with van der Waals surface area (Å²) in [5.41, 5.74) is 2.06. The number of ether oxygens (including phenoxy) is 2.